The second-order valence-electron chi connectivity index (χ2n) is 4.31. The Balaban J connectivity index is 0. The van der Waals surface area contributed by atoms with Crippen molar-refractivity contribution in [2.24, 2.45) is 0 Å². The van der Waals surface area contributed by atoms with Crippen LogP contribution in [0, 0.1) is 0 Å². The maximum Gasteiger partial charge on any atom is 0.335 e. The highest BCUT2D eigenvalue weighted by molar-refractivity contribution is 5.91. The minimum absolute atomic E-state index is 0.0833. The number of aromatic carboxylic acids is 2. The monoisotopic (exact) mass is 306 g/mol. The average molecular weight is 306 g/mol. The normalized spacial score (nSPS) is 12.0. The van der Waals surface area contributed by atoms with E-state index in [1.165, 1.54) is 62.8 Å². The van der Waals surface area contributed by atoms with Crippen molar-refractivity contribution >= 4 is 11.9 Å². The van der Waals surface area contributed by atoms with Crippen LogP contribution in [0.5, 0.6) is 0 Å². The molecule has 0 spiro atoms. The van der Waals surface area contributed by atoms with Gasteiger partial charge >= 0.3 is 11.9 Å². The summed E-state index contributed by atoms with van der Waals surface area (Å²) in [5.74, 6) is -2.13. The van der Waals surface area contributed by atoms with E-state index in [-0.39, 0.29) is 11.1 Å². The van der Waals surface area contributed by atoms with Crippen LogP contribution >= 0.6 is 0 Å². The number of carbonyl (C=O) groups is 2. The van der Waals surface area contributed by atoms with Crippen LogP contribution in [0.4, 0.5) is 0 Å². The van der Waals surface area contributed by atoms with E-state index in [4.69, 9.17) is 10.2 Å². The standard InChI is InChI=1S/C8H6O4.C6H12.2C2H4/c9-7(10)5-1-2-6(4-3-5)8(11)12;1-2-4-6-5-3-1;2*1-2/h1-4H,(H,9,10)(H,11,12);1-6H2;2*1-2H2. The molecule has 1 fully saturated rings. The van der Waals surface area contributed by atoms with Crippen LogP contribution in [0.15, 0.2) is 50.6 Å². The fourth-order valence-corrected chi connectivity index (χ4v) is 1.82. The van der Waals surface area contributed by atoms with E-state index in [0.717, 1.165) is 0 Å². The molecule has 1 aromatic rings. The number of hydrogen-bond acceptors (Lipinski definition) is 2. The lowest BCUT2D eigenvalue weighted by Gasteiger charge is -2.05. The summed E-state index contributed by atoms with van der Waals surface area (Å²) in [5, 5.41) is 16.9. The van der Waals surface area contributed by atoms with Crippen molar-refractivity contribution in [1.82, 2.24) is 0 Å². The Kier molecular flexibility index (Phi) is 15.0. The highest BCUT2D eigenvalue weighted by Crippen LogP contribution is 2.15. The molecule has 122 valence electrons. The van der Waals surface area contributed by atoms with Gasteiger partial charge in [-0.25, -0.2) is 9.59 Å². The number of rotatable bonds is 2. The summed E-state index contributed by atoms with van der Waals surface area (Å²) in [6.07, 6.45) is 9.00. The minimum atomic E-state index is -1.06. The number of carboxylic acids is 2. The third-order valence-corrected chi connectivity index (χ3v) is 2.88. The summed E-state index contributed by atoms with van der Waals surface area (Å²) in [4.78, 5) is 20.7. The van der Waals surface area contributed by atoms with E-state index >= 15 is 0 Å². The van der Waals surface area contributed by atoms with Gasteiger partial charge in [0.15, 0.2) is 0 Å². The van der Waals surface area contributed by atoms with Crippen molar-refractivity contribution in [3.05, 3.63) is 61.7 Å². The van der Waals surface area contributed by atoms with Crippen molar-refractivity contribution in [1.29, 1.82) is 0 Å². The third kappa shape index (κ3) is 10.4. The molecule has 1 aliphatic rings. The second-order valence-corrected chi connectivity index (χ2v) is 4.31. The molecule has 22 heavy (non-hydrogen) atoms. The van der Waals surface area contributed by atoms with Gasteiger partial charge < -0.3 is 10.2 Å². The molecule has 2 N–H and O–H groups in total. The zero-order valence-electron chi connectivity index (χ0n) is 13.1. The van der Waals surface area contributed by atoms with Gasteiger partial charge in [0.1, 0.15) is 0 Å². The number of carboxylic acid groups (broad SMARTS) is 2. The molecule has 0 amide bonds. The predicted octanol–water partition coefficient (Wildman–Crippen LogP) is 5.03. The Morgan fingerprint density at radius 3 is 0.955 bits per heavy atom. The van der Waals surface area contributed by atoms with E-state index in [9.17, 15) is 9.59 Å². The van der Waals surface area contributed by atoms with Gasteiger partial charge in [-0.05, 0) is 24.3 Å². The first-order valence-electron chi connectivity index (χ1n) is 7.18. The molecule has 2 rings (SSSR count). The molecule has 1 aliphatic carbocycles. The predicted molar refractivity (Wildman–Crippen MR) is 90.6 cm³/mol. The van der Waals surface area contributed by atoms with Crippen LogP contribution in [-0.4, -0.2) is 22.2 Å². The lowest BCUT2D eigenvalue weighted by atomic mass is 10.0. The van der Waals surface area contributed by atoms with Gasteiger partial charge in [0.2, 0.25) is 0 Å². The Hall–Kier alpha value is -2.36. The molecule has 4 heteroatoms. The number of benzene rings is 1. The van der Waals surface area contributed by atoms with Crippen LogP contribution in [0.1, 0.15) is 59.2 Å². The quantitative estimate of drug-likeness (QED) is 0.752. The lowest BCUT2D eigenvalue weighted by Crippen LogP contribution is -1.99. The van der Waals surface area contributed by atoms with E-state index in [1.54, 1.807) is 0 Å². The highest BCUT2D eigenvalue weighted by Gasteiger charge is 2.04. The molecule has 0 unspecified atom stereocenters. The van der Waals surface area contributed by atoms with Gasteiger partial charge in [-0.15, -0.1) is 26.3 Å². The van der Waals surface area contributed by atoms with Crippen molar-refractivity contribution in [3.63, 3.8) is 0 Å². The van der Waals surface area contributed by atoms with E-state index in [1.807, 2.05) is 0 Å². The van der Waals surface area contributed by atoms with Crippen LogP contribution < -0.4 is 0 Å². The molecular weight excluding hydrogens is 280 g/mol. The van der Waals surface area contributed by atoms with E-state index in [2.05, 4.69) is 26.3 Å². The Labute approximate surface area is 132 Å². The van der Waals surface area contributed by atoms with Crippen molar-refractivity contribution in [2.45, 2.75) is 38.5 Å². The summed E-state index contributed by atoms with van der Waals surface area (Å²) in [6, 6.07) is 5.02. The summed E-state index contributed by atoms with van der Waals surface area (Å²) in [5.41, 5.74) is 0.167. The Bertz CT molecular complexity index is 373. The lowest BCUT2D eigenvalue weighted by molar-refractivity contribution is 0.0681. The largest absolute Gasteiger partial charge is 0.478 e. The van der Waals surface area contributed by atoms with Gasteiger partial charge in [0.05, 0.1) is 11.1 Å². The first-order valence-corrected chi connectivity index (χ1v) is 7.18. The fraction of sp³-hybridized carbons (Fsp3) is 0.333. The fourth-order valence-electron chi connectivity index (χ4n) is 1.82. The summed E-state index contributed by atoms with van der Waals surface area (Å²) < 4.78 is 0. The van der Waals surface area contributed by atoms with Gasteiger partial charge in [-0.3, -0.25) is 0 Å². The van der Waals surface area contributed by atoms with Crippen molar-refractivity contribution in [3.8, 4) is 0 Å². The van der Waals surface area contributed by atoms with Crippen LogP contribution in [0.3, 0.4) is 0 Å². The number of hydrogen-bond donors (Lipinski definition) is 2. The molecule has 0 atom stereocenters. The SMILES string of the molecule is C1CCCCC1.C=C.C=C.O=C(O)c1ccc(C(=O)O)cc1. The molecule has 0 saturated heterocycles. The molecule has 1 saturated carbocycles. The van der Waals surface area contributed by atoms with Gasteiger partial charge in [0.25, 0.3) is 0 Å². The highest BCUT2D eigenvalue weighted by atomic mass is 16.4. The molecule has 0 bridgehead atoms. The zero-order valence-corrected chi connectivity index (χ0v) is 13.1. The van der Waals surface area contributed by atoms with E-state index in [0.29, 0.717) is 0 Å². The molecular formula is C18H26O4. The Morgan fingerprint density at radius 1 is 0.636 bits per heavy atom. The average Bonchev–Trinajstić information content (AvgIpc) is 2.60. The van der Waals surface area contributed by atoms with Gasteiger partial charge in [0, 0.05) is 0 Å². The molecule has 0 aliphatic heterocycles. The van der Waals surface area contributed by atoms with Gasteiger partial charge in [-0.1, -0.05) is 38.5 Å². The minimum Gasteiger partial charge on any atom is -0.478 e. The first-order chi connectivity index (χ1) is 10.6. The zero-order chi connectivity index (χ0) is 17.4. The molecule has 0 heterocycles. The van der Waals surface area contributed by atoms with Crippen LogP contribution in [0.2, 0.25) is 0 Å². The summed E-state index contributed by atoms with van der Waals surface area (Å²) >= 11 is 0. The first kappa shape index (κ1) is 21.9. The second kappa shape index (κ2) is 15.0. The van der Waals surface area contributed by atoms with Crippen LogP contribution in [0.25, 0.3) is 0 Å². The van der Waals surface area contributed by atoms with Crippen LogP contribution in [-0.2, 0) is 0 Å². The van der Waals surface area contributed by atoms with Crippen molar-refractivity contribution in [2.75, 3.05) is 0 Å². The topological polar surface area (TPSA) is 74.6 Å². The maximum atomic E-state index is 10.3. The molecule has 4 nitrogen and oxygen atoms in total. The maximum absolute atomic E-state index is 10.3. The van der Waals surface area contributed by atoms with E-state index < -0.39 is 11.9 Å². The molecule has 1 aromatic carbocycles. The summed E-state index contributed by atoms with van der Waals surface area (Å²) in [6.45, 7) is 12.0. The van der Waals surface area contributed by atoms with Gasteiger partial charge in [-0.2, -0.15) is 0 Å². The van der Waals surface area contributed by atoms with Crippen molar-refractivity contribution < 1.29 is 19.8 Å². The smallest absolute Gasteiger partial charge is 0.335 e. The Morgan fingerprint density at radius 2 is 0.818 bits per heavy atom. The third-order valence-electron chi connectivity index (χ3n) is 2.88. The molecule has 0 radical (unpaired) electrons. The molecule has 0 aromatic heterocycles. The summed E-state index contributed by atoms with van der Waals surface area (Å²) in [7, 11) is 0.